The van der Waals surface area contributed by atoms with Crippen molar-refractivity contribution < 1.29 is 9.53 Å². The van der Waals surface area contributed by atoms with Gasteiger partial charge in [0.15, 0.2) is 5.82 Å². The minimum Gasteiger partial charge on any atom is -0.494 e. The van der Waals surface area contributed by atoms with Gasteiger partial charge >= 0.3 is 0 Å². The standard InChI is InChI=1S/C28H21BrN4O3S/c1-3-36-20-11-8-18(9-12-20)25-30-28-33(31-25)27(35)24(37-28)23-21-14-19(29)10-13-22(21)32(26(23)34)15-17-6-4-16(2)5-7-17/h4-14H,3,15H2,1-2H3. The Balaban J connectivity index is 1.45. The predicted molar refractivity (Wildman–Crippen MR) is 148 cm³/mol. The lowest BCUT2D eigenvalue weighted by molar-refractivity contribution is -0.113. The largest absolute Gasteiger partial charge is 0.494 e. The van der Waals surface area contributed by atoms with Gasteiger partial charge in [0.05, 0.1) is 24.4 Å². The molecule has 0 unspecified atom stereocenters. The van der Waals surface area contributed by atoms with Gasteiger partial charge in [0.25, 0.3) is 11.5 Å². The van der Waals surface area contributed by atoms with Crippen LogP contribution in [0.15, 0.2) is 76.0 Å². The van der Waals surface area contributed by atoms with Gasteiger partial charge in [-0.05, 0) is 61.9 Å². The molecule has 0 aliphatic carbocycles. The molecule has 9 heteroatoms. The van der Waals surface area contributed by atoms with Gasteiger partial charge in [0, 0.05) is 15.6 Å². The van der Waals surface area contributed by atoms with Crippen molar-refractivity contribution in [1.82, 2.24) is 14.6 Å². The van der Waals surface area contributed by atoms with Crippen LogP contribution in [0.25, 0.3) is 21.9 Å². The summed E-state index contributed by atoms with van der Waals surface area (Å²) in [6.45, 7) is 4.95. The first kappa shape index (κ1) is 23.6. The number of benzene rings is 3. The third-order valence-corrected chi connectivity index (χ3v) is 7.77. The van der Waals surface area contributed by atoms with Crippen molar-refractivity contribution in [3.05, 3.63) is 103 Å². The zero-order valence-electron chi connectivity index (χ0n) is 20.1. The van der Waals surface area contributed by atoms with Crippen molar-refractivity contribution in [3.8, 4) is 17.1 Å². The van der Waals surface area contributed by atoms with Gasteiger partial charge in [-0.15, -0.1) is 5.10 Å². The highest BCUT2D eigenvalue weighted by Gasteiger charge is 2.34. The van der Waals surface area contributed by atoms with Crippen LogP contribution in [-0.4, -0.2) is 27.1 Å². The Morgan fingerprint density at radius 3 is 2.46 bits per heavy atom. The van der Waals surface area contributed by atoms with E-state index in [2.05, 4.69) is 26.0 Å². The lowest BCUT2D eigenvalue weighted by Crippen LogP contribution is -2.32. The Hall–Kier alpha value is -3.82. The summed E-state index contributed by atoms with van der Waals surface area (Å²) in [4.78, 5) is 34.0. The van der Waals surface area contributed by atoms with E-state index in [1.54, 1.807) is 4.90 Å². The third kappa shape index (κ3) is 4.14. The lowest BCUT2D eigenvalue weighted by Gasteiger charge is -2.17. The highest BCUT2D eigenvalue weighted by atomic mass is 79.9. The maximum atomic E-state index is 13.7. The van der Waals surface area contributed by atoms with Gasteiger partial charge < -0.3 is 9.64 Å². The predicted octanol–water partition coefficient (Wildman–Crippen LogP) is 4.75. The molecule has 0 atom stereocenters. The number of hydrogen-bond acceptors (Lipinski definition) is 6. The average molecular weight is 573 g/mol. The summed E-state index contributed by atoms with van der Waals surface area (Å²) in [7, 11) is 0. The molecule has 0 radical (unpaired) electrons. The normalized spacial score (nSPS) is 14.5. The molecule has 6 rings (SSSR count). The van der Waals surface area contributed by atoms with Crippen LogP contribution < -0.4 is 19.7 Å². The van der Waals surface area contributed by atoms with Crippen molar-refractivity contribution in [2.24, 2.45) is 0 Å². The monoisotopic (exact) mass is 572 g/mol. The quantitative estimate of drug-likeness (QED) is 0.303. The van der Waals surface area contributed by atoms with E-state index in [1.807, 2.05) is 80.6 Å². The first-order valence-corrected chi connectivity index (χ1v) is 13.4. The molecule has 1 amide bonds. The van der Waals surface area contributed by atoms with Gasteiger partial charge in [-0.1, -0.05) is 57.1 Å². The number of anilines is 1. The number of hydrogen-bond donors (Lipinski definition) is 0. The fraction of sp³-hybridized carbons (Fsp3) is 0.143. The van der Waals surface area contributed by atoms with Crippen LogP contribution in [0.2, 0.25) is 0 Å². The Morgan fingerprint density at radius 2 is 1.76 bits per heavy atom. The summed E-state index contributed by atoms with van der Waals surface area (Å²) >= 11 is 4.70. The van der Waals surface area contributed by atoms with Crippen molar-refractivity contribution in [3.63, 3.8) is 0 Å². The van der Waals surface area contributed by atoms with Crippen LogP contribution in [-0.2, 0) is 11.3 Å². The van der Waals surface area contributed by atoms with Crippen LogP contribution in [0, 0.1) is 6.92 Å². The number of thiazole rings is 1. The molecule has 184 valence electrons. The second kappa shape index (κ2) is 9.24. The fourth-order valence-corrected chi connectivity index (χ4v) is 5.79. The Kier molecular flexibility index (Phi) is 5.89. The van der Waals surface area contributed by atoms with E-state index in [1.165, 1.54) is 15.9 Å². The van der Waals surface area contributed by atoms with E-state index in [0.717, 1.165) is 38.2 Å². The molecule has 37 heavy (non-hydrogen) atoms. The summed E-state index contributed by atoms with van der Waals surface area (Å²) in [6.07, 6.45) is 0. The van der Waals surface area contributed by atoms with E-state index in [0.29, 0.717) is 34.0 Å². The van der Waals surface area contributed by atoms with E-state index in [9.17, 15) is 9.59 Å². The number of aryl methyl sites for hydroxylation is 1. The SMILES string of the molecule is CCOc1ccc(-c2nc3sc(=C4C(=O)N(Cc5ccc(C)cc5)c5ccc(Br)cc54)c(=O)n3n2)cc1. The molecule has 0 saturated heterocycles. The minimum absolute atomic E-state index is 0.206. The molecule has 3 aromatic carbocycles. The molecule has 0 spiro atoms. The van der Waals surface area contributed by atoms with Crippen LogP contribution in [0.3, 0.4) is 0 Å². The Bertz CT molecular complexity index is 1780. The van der Waals surface area contributed by atoms with Gasteiger partial charge in [0.1, 0.15) is 10.3 Å². The highest BCUT2D eigenvalue weighted by Crippen LogP contribution is 2.38. The summed E-state index contributed by atoms with van der Waals surface area (Å²) in [5.41, 5.74) is 4.48. The van der Waals surface area contributed by atoms with E-state index in [-0.39, 0.29) is 11.5 Å². The molecule has 1 aliphatic heterocycles. The third-order valence-electron chi connectivity index (χ3n) is 6.25. The molecule has 0 bridgehead atoms. The number of nitrogens with zero attached hydrogens (tertiary/aromatic N) is 4. The average Bonchev–Trinajstić information content (AvgIpc) is 3.52. The number of rotatable bonds is 5. The fourth-order valence-electron chi connectivity index (χ4n) is 4.43. The van der Waals surface area contributed by atoms with Gasteiger partial charge in [0.2, 0.25) is 4.96 Å². The molecular formula is C28H21BrN4O3S. The van der Waals surface area contributed by atoms with Gasteiger partial charge in [-0.2, -0.15) is 9.50 Å². The zero-order valence-corrected chi connectivity index (χ0v) is 22.5. The van der Waals surface area contributed by atoms with Crippen molar-refractivity contribution in [2.75, 3.05) is 11.5 Å². The summed E-state index contributed by atoms with van der Waals surface area (Å²) in [6, 6.07) is 21.2. The van der Waals surface area contributed by atoms with E-state index in [4.69, 9.17) is 4.74 Å². The number of amides is 1. The van der Waals surface area contributed by atoms with Crippen LogP contribution in [0.1, 0.15) is 23.6 Å². The van der Waals surface area contributed by atoms with Crippen LogP contribution in [0.4, 0.5) is 5.69 Å². The molecule has 0 N–H and O–H groups in total. The number of carbonyl (C=O) groups excluding carboxylic acids is 1. The number of carbonyl (C=O) groups is 1. The molecule has 0 fully saturated rings. The maximum Gasteiger partial charge on any atom is 0.291 e. The summed E-state index contributed by atoms with van der Waals surface area (Å²) in [5.74, 6) is 1.00. The molecule has 7 nitrogen and oxygen atoms in total. The zero-order chi connectivity index (χ0) is 25.7. The Labute approximate surface area is 224 Å². The number of aromatic nitrogens is 3. The molecule has 2 aromatic heterocycles. The molecule has 3 heterocycles. The van der Waals surface area contributed by atoms with Crippen molar-refractivity contribution in [2.45, 2.75) is 20.4 Å². The van der Waals surface area contributed by atoms with E-state index < -0.39 is 0 Å². The van der Waals surface area contributed by atoms with Crippen LogP contribution >= 0.6 is 27.3 Å². The van der Waals surface area contributed by atoms with Crippen LogP contribution in [0.5, 0.6) is 5.75 Å². The summed E-state index contributed by atoms with van der Waals surface area (Å²) in [5, 5.41) is 4.46. The molecule has 5 aromatic rings. The number of fused-ring (bicyclic) bond motifs is 2. The molecule has 1 aliphatic rings. The maximum absolute atomic E-state index is 13.7. The highest BCUT2D eigenvalue weighted by molar-refractivity contribution is 9.10. The van der Waals surface area contributed by atoms with Gasteiger partial charge in [-0.25, -0.2) is 0 Å². The molecule has 0 saturated carbocycles. The smallest absolute Gasteiger partial charge is 0.291 e. The van der Waals surface area contributed by atoms with Gasteiger partial charge in [-0.3, -0.25) is 9.59 Å². The minimum atomic E-state index is -0.351. The number of ether oxygens (including phenoxy) is 1. The lowest BCUT2D eigenvalue weighted by atomic mass is 10.1. The van der Waals surface area contributed by atoms with Crippen molar-refractivity contribution >= 4 is 49.4 Å². The molecular weight excluding hydrogens is 552 g/mol. The first-order valence-electron chi connectivity index (χ1n) is 11.8. The van der Waals surface area contributed by atoms with E-state index >= 15 is 0 Å². The Morgan fingerprint density at radius 1 is 1.00 bits per heavy atom. The van der Waals surface area contributed by atoms with Crippen molar-refractivity contribution in [1.29, 1.82) is 0 Å². The first-order chi connectivity index (χ1) is 17.9. The second-order valence-corrected chi connectivity index (χ2v) is 10.6. The topological polar surface area (TPSA) is 76.8 Å². The summed E-state index contributed by atoms with van der Waals surface area (Å²) < 4.78 is 7.95. The second-order valence-electron chi connectivity index (χ2n) is 8.74. The number of halogens is 1.